The Balaban J connectivity index is 1.78. The van der Waals surface area contributed by atoms with Crippen LogP contribution >= 0.6 is 0 Å². The predicted octanol–water partition coefficient (Wildman–Crippen LogP) is 4.91. The summed E-state index contributed by atoms with van der Waals surface area (Å²) in [5.41, 5.74) is 4.25. The largest absolute Gasteiger partial charge is 0.444 e. The van der Waals surface area contributed by atoms with Crippen LogP contribution in [-0.4, -0.2) is 39.2 Å². The maximum absolute atomic E-state index is 15.9. The van der Waals surface area contributed by atoms with Crippen LogP contribution in [0.2, 0.25) is 0 Å². The van der Waals surface area contributed by atoms with Crippen molar-refractivity contribution >= 4 is 21.8 Å². The molecule has 5 rings (SSSR count). The van der Waals surface area contributed by atoms with E-state index in [4.69, 9.17) is 4.42 Å². The van der Waals surface area contributed by atoms with Crippen molar-refractivity contribution in [2.45, 2.75) is 39.3 Å². The molecule has 0 bridgehead atoms. The minimum Gasteiger partial charge on any atom is -0.444 e. The van der Waals surface area contributed by atoms with Crippen LogP contribution in [0.5, 0.6) is 0 Å². The SMILES string of the molecule is CCN(CC)CCn1c2ccc(-c3ncco3)c(F)c2c2c3c(ccc21)C(O)CC3. The molecule has 0 fully saturated rings. The lowest BCUT2D eigenvalue weighted by Crippen LogP contribution is -2.26. The lowest BCUT2D eigenvalue weighted by atomic mass is 10.0. The number of benzene rings is 2. The summed E-state index contributed by atoms with van der Waals surface area (Å²) in [6.07, 6.45) is 3.95. The molecule has 0 aliphatic heterocycles. The second-order valence-corrected chi connectivity index (χ2v) is 7.92. The van der Waals surface area contributed by atoms with Crippen LogP contribution in [-0.2, 0) is 13.0 Å². The van der Waals surface area contributed by atoms with E-state index in [9.17, 15) is 5.11 Å². The normalized spacial score (nSPS) is 16.2. The van der Waals surface area contributed by atoms with Crippen molar-refractivity contribution < 1.29 is 13.9 Å². The fourth-order valence-corrected chi connectivity index (χ4v) is 4.88. The molecule has 156 valence electrons. The minimum atomic E-state index is -0.476. The molecule has 0 saturated heterocycles. The fraction of sp³-hybridized carbons (Fsp3) is 0.375. The van der Waals surface area contributed by atoms with Gasteiger partial charge in [-0.05, 0) is 55.3 Å². The van der Waals surface area contributed by atoms with Crippen LogP contribution in [0.1, 0.15) is 37.5 Å². The summed E-state index contributed by atoms with van der Waals surface area (Å²) in [5, 5.41) is 11.9. The van der Waals surface area contributed by atoms with Gasteiger partial charge in [-0.25, -0.2) is 9.37 Å². The van der Waals surface area contributed by atoms with Crippen molar-refractivity contribution in [1.82, 2.24) is 14.5 Å². The molecule has 0 spiro atoms. The number of hydrogen-bond acceptors (Lipinski definition) is 4. The first-order chi connectivity index (χ1) is 14.6. The number of hydrogen-bond donors (Lipinski definition) is 1. The summed E-state index contributed by atoms with van der Waals surface area (Å²) in [5.74, 6) is -0.0256. The second-order valence-electron chi connectivity index (χ2n) is 7.92. The predicted molar refractivity (Wildman–Crippen MR) is 116 cm³/mol. The van der Waals surface area contributed by atoms with E-state index in [1.54, 1.807) is 6.07 Å². The lowest BCUT2D eigenvalue weighted by molar-refractivity contribution is 0.180. The first-order valence-corrected chi connectivity index (χ1v) is 10.7. The Morgan fingerprint density at radius 3 is 2.67 bits per heavy atom. The van der Waals surface area contributed by atoms with Crippen molar-refractivity contribution in [3.8, 4) is 11.5 Å². The van der Waals surface area contributed by atoms with Gasteiger partial charge in [0.2, 0.25) is 5.89 Å². The van der Waals surface area contributed by atoms with Crippen LogP contribution in [0.3, 0.4) is 0 Å². The van der Waals surface area contributed by atoms with Gasteiger partial charge in [0, 0.05) is 29.4 Å². The minimum absolute atomic E-state index is 0.283. The molecule has 0 amide bonds. The molecule has 1 aliphatic carbocycles. The van der Waals surface area contributed by atoms with Crippen LogP contribution in [0.15, 0.2) is 41.1 Å². The molecule has 1 unspecified atom stereocenters. The van der Waals surface area contributed by atoms with Gasteiger partial charge in [-0.3, -0.25) is 0 Å². The molecular weight excluding hydrogens is 381 g/mol. The van der Waals surface area contributed by atoms with Gasteiger partial charge < -0.3 is 19.0 Å². The Morgan fingerprint density at radius 1 is 1.17 bits per heavy atom. The highest BCUT2D eigenvalue weighted by Crippen LogP contribution is 2.42. The van der Waals surface area contributed by atoms with Gasteiger partial charge in [0.15, 0.2) is 0 Å². The first kappa shape index (κ1) is 19.3. The molecule has 30 heavy (non-hydrogen) atoms. The summed E-state index contributed by atoms with van der Waals surface area (Å²) >= 11 is 0. The van der Waals surface area contributed by atoms with E-state index >= 15 is 4.39 Å². The molecule has 1 aliphatic rings. The number of aliphatic hydroxyl groups is 1. The molecule has 2 aromatic carbocycles. The zero-order valence-electron chi connectivity index (χ0n) is 17.4. The Morgan fingerprint density at radius 2 is 1.93 bits per heavy atom. The standard InChI is InChI=1S/C24H26FN3O2/c1-3-27(4-2)12-13-28-18-8-5-15-16(7-10-20(15)29)21(18)22-19(28)9-6-17(23(22)25)24-26-11-14-30-24/h5-6,8-9,11,14,20,29H,3-4,7,10,12-13H2,1-2H3. The number of fused-ring (bicyclic) bond motifs is 5. The Kier molecular flexibility index (Phi) is 4.83. The number of aliphatic hydroxyl groups excluding tert-OH is 1. The summed E-state index contributed by atoms with van der Waals surface area (Å²) in [7, 11) is 0. The molecule has 6 heteroatoms. The number of halogens is 1. The van der Waals surface area contributed by atoms with Gasteiger partial charge in [-0.2, -0.15) is 0 Å². The van der Waals surface area contributed by atoms with E-state index in [1.807, 2.05) is 18.2 Å². The summed E-state index contributed by atoms with van der Waals surface area (Å²) < 4.78 is 23.5. The highest BCUT2D eigenvalue weighted by Gasteiger charge is 2.27. The zero-order valence-corrected chi connectivity index (χ0v) is 17.4. The Bertz CT molecular complexity index is 1210. The number of aromatic nitrogens is 2. The van der Waals surface area contributed by atoms with E-state index in [0.717, 1.165) is 60.1 Å². The van der Waals surface area contributed by atoms with Crippen LogP contribution in [0, 0.1) is 5.82 Å². The number of nitrogens with zero attached hydrogens (tertiary/aromatic N) is 3. The van der Waals surface area contributed by atoms with Crippen LogP contribution < -0.4 is 0 Å². The van der Waals surface area contributed by atoms with Crippen LogP contribution in [0.4, 0.5) is 4.39 Å². The van der Waals surface area contributed by atoms with Crippen molar-refractivity contribution in [3.63, 3.8) is 0 Å². The topological polar surface area (TPSA) is 54.4 Å². The zero-order chi connectivity index (χ0) is 20.8. The van der Waals surface area contributed by atoms with Gasteiger partial charge >= 0.3 is 0 Å². The van der Waals surface area contributed by atoms with Gasteiger partial charge in [-0.1, -0.05) is 19.9 Å². The van der Waals surface area contributed by atoms with Crippen molar-refractivity contribution in [2.24, 2.45) is 0 Å². The number of rotatable bonds is 6. The van der Waals surface area contributed by atoms with Gasteiger partial charge in [-0.15, -0.1) is 0 Å². The maximum atomic E-state index is 15.9. The van der Waals surface area contributed by atoms with E-state index in [0.29, 0.717) is 17.4 Å². The molecule has 1 atom stereocenters. The molecule has 4 aromatic rings. The van der Waals surface area contributed by atoms with Gasteiger partial charge in [0.05, 0.1) is 23.4 Å². The quantitative estimate of drug-likeness (QED) is 0.493. The van der Waals surface area contributed by atoms with Crippen molar-refractivity contribution in [3.05, 3.63) is 53.7 Å². The maximum Gasteiger partial charge on any atom is 0.228 e. The number of oxazole rings is 1. The third-order valence-electron chi connectivity index (χ3n) is 6.50. The average molecular weight is 407 g/mol. The summed E-state index contributed by atoms with van der Waals surface area (Å²) in [6, 6.07) is 7.77. The number of likely N-dealkylation sites (N-methyl/N-ethyl adjacent to an activating group) is 1. The monoisotopic (exact) mass is 407 g/mol. The summed E-state index contributed by atoms with van der Waals surface area (Å²) in [4.78, 5) is 6.51. The Labute approximate surface area is 174 Å². The second kappa shape index (κ2) is 7.52. The smallest absolute Gasteiger partial charge is 0.228 e. The van der Waals surface area contributed by atoms with E-state index in [1.165, 1.54) is 12.5 Å². The summed E-state index contributed by atoms with van der Waals surface area (Å²) in [6.45, 7) is 7.96. The van der Waals surface area contributed by atoms with Gasteiger partial charge in [0.25, 0.3) is 0 Å². The fourth-order valence-electron chi connectivity index (χ4n) is 4.88. The van der Waals surface area contributed by atoms with Crippen molar-refractivity contribution in [1.29, 1.82) is 0 Å². The van der Waals surface area contributed by atoms with E-state index in [2.05, 4.69) is 28.3 Å². The van der Waals surface area contributed by atoms with Crippen molar-refractivity contribution in [2.75, 3.05) is 19.6 Å². The third kappa shape index (κ3) is 2.86. The number of aryl methyl sites for hydroxylation is 1. The van der Waals surface area contributed by atoms with E-state index < -0.39 is 6.10 Å². The highest BCUT2D eigenvalue weighted by atomic mass is 19.1. The molecule has 1 N–H and O–H groups in total. The average Bonchev–Trinajstić information content (AvgIpc) is 3.48. The molecule has 2 aromatic heterocycles. The molecule has 0 radical (unpaired) electrons. The first-order valence-electron chi connectivity index (χ1n) is 10.7. The third-order valence-corrected chi connectivity index (χ3v) is 6.50. The molecule has 5 nitrogen and oxygen atoms in total. The van der Waals surface area contributed by atoms with E-state index in [-0.39, 0.29) is 11.7 Å². The molecule has 0 saturated carbocycles. The molecule has 2 heterocycles. The molecular formula is C24H26FN3O2. The lowest BCUT2D eigenvalue weighted by Gasteiger charge is -2.19. The highest BCUT2D eigenvalue weighted by molar-refractivity contribution is 6.11. The Hall–Kier alpha value is -2.70. The van der Waals surface area contributed by atoms with Crippen LogP contribution in [0.25, 0.3) is 33.3 Å². The van der Waals surface area contributed by atoms with Gasteiger partial charge in [0.1, 0.15) is 12.1 Å².